The Morgan fingerprint density at radius 2 is 2.38 bits per heavy atom. The van der Waals surface area contributed by atoms with E-state index in [1.165, 1.54) is 25.0 Å². The van der Waals surface area contributed by atoms with Crippen LogP contribution in [0.4, 0.5) is 4.39 Å². The number of amides is 1. The molecule has 1 amide bonds. The molecule has 0 aromatic heterocycles. The zero-order valence-electron chi connectivity index (χ0n) is 11.8. The van der Waals surface area contributed by atoms with Crippen LogP contribution in [-0.2, 0) is 4.79 Å². The maximum atomic E-state index is 13.5. The van der Waals surface area contributed by atoms with Gasteiger partial charge in [0, 0.05) is 11.0 Å². The summed E-state index contributed by atoms with van der Waals surface area (Å²) in [6.07, 6.45) is 3.37. The fraction of sp³-hybridized carbons (Fsp3) is 0.533. The molecule has 1 aliphatic rings. The lowest BCUT2D eigenvalue weighted by atomic mass is 9.96. The van der Waals surface area contributed by atoms with Crippen LogP contribution >= 0.6 is 15.9 Å². The summed E-state index contributed by atoms with van der Waals surface area (Å²) in [6, 6.07) is 4.48. The van der Waals surface area contributed by atoms with Gasteiger partial charge in [-0.05, 0) is 56.5 Å². The molecule has 0 aliphatic carbocycles. The van der Waals surface area contributed by atoms with Gasteiger partial charge in [-0.25, -0.2) is 4.39 Å². The van der Waals surface area contributed by atoms with Crippen molar-refractivity contribution in [2.75, 3.05) is 26.2 Å². The highest BCUT2D eigenvalue weighted by atomic mass is 79.9. The smallest absolute Gasteiger partial charge is 0.257 e. The number of halogens is 2. The molecular formula is C15H20BrFN2O2. The van der Waals surface area contributed by atoms with E-state index in [9.17, 15) is 9.18 Å². The molecule has 1 aromatic carbocycles. The van der Waals surface area contributed by atoms with Crippen LogP contribution in [0.15, 0.2) is 22.7 Å². The first-order chi connectivity index (χ1) is 10.1. The molecule has 1 fully saturated rings. The quantitative estimate of drug-likeness (QED) is 0.821. The van der Waals surface area contributed by atoms with Crippen LogP contribution in [0.3, 0.4) is 0 Å². The maximum absolute atomic E-state index is 13.5. The van der Waals surface area contributed by atoms with E-state index < -0.39 is 5.82 Å². The summed E-state index contributed by atoms with van der Waals surface area (Å²) in [7, 11) is 0. The van der Waals surface area contributed by atoms with Gasteiger partial charge in [0.1, 0.15) is 0 Å². The monoisotopic (exact) mass is 358 g/mol. The van der Waals surface area contributed by atoms with E-state index in [4.69, 9.17) is 4.74 Å². The van der Waals surface area contributed by atoms with Crippen molar-refractivity contribution in [2.24, 2.45) is 5.92 Å². The van der Waals surface area contributed by atoms with Crippen molar-refractivity contribution < 1.29 is 13.9 Å². The minimum Gasteiger partial charge on any atom is -0.481 e. The first-order valence-electron chi connectivity index (χ1n) is 7.20. The Hall–Kier alpha value is -1.14. The zero-order chi connectivity index (χ0) is 15.1. The third-order valence-corrected chi connectivity index (χ3v) is 4.02. The number of hydrogen-bond acceptors (Lipinski definition) is 3. The zero-order valence-corrected chi connectivity index (χ0v) is 13.4. The van der Waals surface area contributed by atoms with E-state index in [0.717, 1.165) is 19.5 Å². The average molecular weight is 359 g/mol. The van der Waals surface area contributed by atoms with Gasteiger partial charge in [-0.3, -0.25) is 4.79 Å². The average Bonchev–Trinajstić information content (AvgIpc) is 2.47. The predicted molar refractivity (Wildman–Crippen MR) is 82.8 cm³/mol. The van der Waals surface area contributed by atoms with Gasteiger partial charge in [0.15, 0.2) is 18.2 Å². The number of rotatable bonds is 6. The Morgan fingerprint density at radius 3 is 3.10 bits per heavy atom. The molecule has 0 saturated carbocycles. The Morgan fingerprint density at radius 1 is 1.52 bits per heavy atom. The predicted octanol–water partition coefficient (Wildman–Crippen LogP) is 2.47. The van der Waals surface area contributed by atoms with Crippen molar-refractivity contribution in [3.05, 3.63) is 28.5 Å². The van der Waals surface area contributed by atoms with Gasteiger partial charge in [0.05, 0.1) is 0 Å². The van der Waals surface area contributed by atoms with Gasteiger partial charge in [0.2, 0.25) is 0 Å². The Bertz CT molecular complexity index is 479. The summed E-state index contributed by atoms with van der Waals surface area (Å²) in [5.74, 6) is 0.0141. The molecule has 21 heavy (non-hydrogen) atoms. The lowest BCUT2D eigenvalue weighted by Crippen LogP contribution is -2.34. The molecule has 6 heteroatoms. The molecule has 4 nitrogen and oxygen atoms in total. The first kappa shape index (κ1) is 16.2. The number of piperidine rings is 1. The summed E-state index contributed by atoms with van der Waals surface area (Å²) >= 11 is 3.17. The van der Waals surface area contributed by atoms with E-state index in [-0.39, 0.29) is 18.3 Å². The summed E-state index contributed by atoms with van der Waals surface area (Å²) < 4.78 is 19.3. The van der Waals surface area contributed by atoms with E-state index >= 15 is 0 Å². The first-order valence-corrected chi connectivity index (χ1v) is 7.99. The molecule has 116 valence electrons. The van der Waals surface area contributed by atoms with Crippen LogP contribution in [0.1, 0.15) is 19.3 Å². The second-order valence-electron chi connectivity index (χ2n) is 5.21. The standard InChI is InChI=1S/C15H20BrFN2O2/c16-12-3-4-14(13(17)8-12)21-10-15(20)19-7-5-11-2-1-6-18-9-11/h3-4,8,11,18H,1-2,5-7,9-10H2,(H,19,20). The number of hydrogen-bond donors (Lipinski definition) is 2. The van der Waals surface area contributed by atoms with Gasteiger partial charge in [-0.1, -0.05) is 15.9 Å². The SMILES string of the molecule is O=C(COc1ccc(Br)cc1F)NCCC1CCCNC1. The van der Waals surface area contributed by atoms with Gasteiger partial charge < -0.3 is 15.4 Å². The number of carbonyl (C=O) groups is 1. The van der Waals surface area contributed by atoms with Crippen LogP contribution in [0.5, 0.6) is 5.75 Å². The molecule has 1 saturated heterocycles. The van der Waals surface area contributed by atoms with E-state index in [1.807, 2.05) is 0 Å². The highest BCUT2D eigenvalue weighted by Gasteiger charge is 2.13. The third-order valence-electron chi connectivity index (χ3n) is 3.53. The fourth-order valence-corrected chi connectivity index (χ4v) is 2.71. The molecule has 0 radical (unpaired) electrons. The van der Waals surface area contributed by atoms with Gasteiger partial charge in [-0.15, -0.1) is 0 Å². The van der Waals surface area contributed by atoms with Crippen LogP contribution in [0.25, 0.3) is 0 Å². The van der Waals surface area contributed by atoms with Crippen LogP contribution in [-0.4, -0.2) is 32.1 Å². The minimum atomic E-state index is -0.481. The Kier molecular flexibility index (Phi) is 6.45. The maximum Gasteiger partial charge on any atom is 0.257 e. The third kappa shape index (κ3) is 5.63. The Balaban J connectivity index is 1.65. The number of ether oxygens (including phenoxy) is 1. The molecule has 1 aromatic rings. The second-order valence-corrected chi connectivity index (χ2v) is 6.13. The minimum absolute atomic E-state index is 0.0878. The number of benzene rings is 1. The molecular weight excluding hydrogens is 339 g/mol. The van der Waals surface area contributed by atoms with E-state index in [2.05, 4.69) is 26.6 Å². The van der Waals surface area contributed by atoms with Crippen LogP contribution < -0.4 is 15.4 Å². The van der Waals surface area contributed by atoms with Crippen LogP contribution in [0, 0.1) is 11.7 Å². The van der Waals surface area contributed by atoms with Crippen molar-refractivity contribution in [3.8, 4) is 5.75 Å². The fourth-order valence-electron chi connectivity index (χ4n) is 2.37. The summed E-state index contributed by atoms with van der Waals surface area (Å²) in [5, 5.41) is 6.16. The van der Waals surface area contributed by atoms with Crippen molar-refractivity contribution >= 4 is 21.8 Å². The lowest BCUT2D eigenvalue weighted by Gasteiger charge is -2.22. The normalized spacial score (nSPS) is 18.3. The van der Waals surface area contributed by atoms with Crippen molar-refractivity contribution in [1.82, 2.24) is 10.6 Å². The van der Waals surface area contributed by atoms with Gasteiger partial charge in [-0.2, -0.15) is 0 Å². The molecule has 1 atom stereocenters. The highest BCUT2D eigenvalue weighted by molar-refractivity contribution is 9.10. The molecule has 2 rings (SSSR count). The molecule has 0 spiro atoms. The lowest BCUT2D eigenvalue weighted by molar-refractivity contribution is -0.123. The van der Waals surface area contributed by atoms with Crippen molar-refractivity contribution in [2.45, 2.75) is 19.3 Å². The van der Waals surface area contributed by atoms with Crippen LogP contribution in [0.2, 0.25) is 0 Å². The molecule has 1 heterocycles. The summed E-state index contributed by atoms with van der Waals surface area (Å²) in [4.78, 5) is 11.7. The van der Waals surface area contributed by atoms with E-state index in [1.54, 1.807) is 6.07 Å². The molecule has 0 bridgehead atoms. The van der Waals surface area contributed by atoms with Crippen molar-refractivity contribution in [3.63, 3.8) is 0 Å². The molecule has 1 aliphatic heterocycles. The second kappa shape index (κ2) is 8.34. The number of carbonyl (C=O) groups excluding carboxylic acids is 1. The largest absolute Gasteiger partial charge is 0.481 e. The van der Waals surface area contributed by atoms with Crippen molar-refractivity contribution in [1.29, 1.82) is 0 Å². The molecule has 2 N–H and O–H groups in total. The summed E-state index contributed by atoms with van der Waals surface area (Å²) in [6.45, 7) is 2.59. The van der Waals surface area contributed by atoms with Gasteiger partial charge in [0.25, 0.3) is 5.91 Å². The highest BCUT2D eigenvalue weighted by Crippen LogP contribution is 2.21. The summed E-state index contributed by atoms with van der Waals surface area (Å²) in [5.41, 5.74) is 0. The molecule has 1 unspecified atom stereocenters. The Labute approximate surface area is 132 Å². The topological polar surface area (TPSA) is 50.4 Å². The van der Waals surface area contributed by atoms with E-state index in [0.29, 0.717) is 16.9 Å². The van der Waals surface area contributed by atoms with Gasteiger partial charge >= 0.3 is 0 Å². The number of nitrogens with one attached hydrogen (secondary N) is 2.